The number of carbonyl (C=O) groups is 2. The molecule has 1 saturated heterocycles. The molecule has 3 unspecified atom stereocenters. The molecule has 1 N–H and O–H groups in total. The first kappa shape index (κ1) is 13.9. The maximum absolute atomic E-state index is 12.2. The third-order valence-corrected chi connectivity index (χ3v) is 5.20. The number of hydrogen-bond acceptors (Lipinski definition) is 4. The third-order valence-electron chi connectivity index (χ3n) is 5.20. The van der Waals surface area contributed by atoms with Gasteiger partial charge in [-0.2, -0.15) is 0 Å². The summed E-state index contributed by atoms with van der Waals surface area (Å²) in [4.78, 5) is 23.5. The highest BCUT2D eigenvalue weighted by Gasteiger charge is 2.61. The van der Waals surface area contributed by atoms with Crippen molar-refractivity contribution in [1.82, 2.24) is 5.32 Å². The van der Waals surface area contributed by atoms with Gasteiger partial charge in [0, 0.05) is 31.4 Å². The summed E-state index contributed by atoms with van der Waals surface area (Å²) in [6, 6.07) is 0. The van der Waals surface area contributed by atoms with Crippen LogP contribution in [0.3, 0.4) is 0 Å². The van der Waals surface area contributed by atoms with Crippen LogP contribution in [-0.2, 0) is 19.1 Å². The molecule has 1 aliphatic heterocycles. The van der Waals surface area contributed by atoms with Gasteiger partial charge < -0.3 is 14.8 Å². The lowest BCUT2D eigenvalue weighted by Crippen LogP contribution is -2.63. The molecule has 20 heavy (non-hydrogen) atoms. The summed E-state index contributed by atoms with van der Waals surface area (Å²) in [6.07, 6.45) is 5.44. The van der Waals surface area contributed by atoms with Gasteiger partial charge in [0.15, 0.2) is 0 Å². The molecule has 112 valence electrons. The van der Waals surface area contributed by atoms with E-state index in [1.807, 2.05) is 6.92 Å². The standard InChI is InChI=1S/C15H23NO4/c1-2-19-11-9-12(15(11)5-3-6-15)20-14(18)10-4-7-16-13(17)8-10/h10-12H,2-9H2,1H3,(H,16,17). The Hall–Kier alpha value is -1.10. The first-order valence-corrected chi connectivity index (χ1v) is 7.74. The fourth-order valence-electron chi connectivity index (χ4n) is 3.76. The van der Waals surface area contributed by atoms with E-state index in [1.165, 1.54) is 6.42 Å². The number of carbonyl (C=O) groups excluding carboxylic acids is 2. The number of nitrogens with one attached hydrogen (secondary N) is 1. The predicted octanol–water partition coefficient (Wildman–Crippen LogP) is 1.40. The van der Waals surface area contributed by atoms with E-state index in [4.69, 9.17) is 9.47 Å². The van der Waals surface area contributed by atoms with E-state index in [1.54, 1.807) is 0 Å². The van der Waals surface area contributed by atoms with Gasteiger partial charge in [0.25, 0.3) is 0 Å². The lowest BCUT2D eigenvalue weighted by atomic mass is 9.52. The van der Waals surface area contributed by atoms with E-state index in [-0.39, 0.29) is 41.8 Å². The average molecular weight is 281 g/mol. The quantitative estimate of drug-likeness (QED) is 0.791. The Kier molecular flexibility index (Phi) is 3.71. The largest absolute Gasteiger partial charge is 0.461 e. The van der Waals surface area contributed by atoms with Crippen LogP contribution in [0.25, 0.3) is 0 Å². The van der Waals surface area contributed by atoms with E-state index in [0.717, 1.165) is 25.9 Å². The predicted molar refractivity (Wildman–Crippen MR) is 71.9 cm³/mol. The average Bonchev–Trinajstić information content (AvgIpc) is 2.35. The maximum Gasteiger partial charge on any atom is 0.309 e. The fourth-order valence-corrected chi connectivity index (χ4v) is 3.76. The first-order chi connectivity index (χ1) is 9.65. The van der Waals surface area contributed by atoms with Crippen molar-refractivity contribution >= 4 is 11.9 Å². The Morgan fingerprint density at radius 1 is 1.40 bits per heavy atom. The summed E-state index contributed by atoms with van der Waals surface area (Å²) in [7, 11) is 0. The monoisotopic (exact) mass is 281 g/mol. The lowest BCUT2D eigenvalue weighted by molar-refractivity contribution is -0.241. The number of ether oxygens (including phenoxy) is 2. The van der Waals surface area contributed by atoms with E-state index in [2.05, 4.69) is 5.32 Å². The minimum atomic E-state index is -0.257. The van der Waals surface area contributed by atoms with Crippen molar-refractivity contribution in [1.29, 1.82) is 0 Å². The molecule has 3 aliphatic rings. The number of amides is 1. The van der Waals surface area contributed by atoms with Crippen molar-refractivity contribution in [3.05, 3.63) is 0 Å². The van der Waals surface area contributed by atoms with E-state index >= 15 is 0 Å². The molecule has 3 rings (SSSR count). The molecule has 1 amide bonds. The highest BCUT2D eigenvalue weighted by molar-refractivity contribution is 5.84. The molecule has 1 heterocycles. The number of hydrogen-bond donors (Lipinski definition) is 1. The topological polar surface area (TPSA) is 64.6 Å². The van der Waals surface area contributed by atoms with Gasteiger partial charge in [0.1, 0.15) is 6.10 Å². The van der Waals surface area contributed by atoms with E-state index in [9.17, 15) is 9.59 Å². The molecular formula is C15H23NO4. The van der Waals surface area contributed by atoms with Crippen LogP contribution < -0.4 is 5.32 Å². The maximum atomic E-state index is 12.2. The second-order valence-corrected chi connectivity index (χ2v) is 6.23. The number of rotatable bonds is 4. The minimum absolute atomic E-state index is 0.00490. The highest BCUT2D eigenvalue weighted by Crippen LogP contribution is 2.58. The van der Waals surface area contributed by atoms with Crippen LogP contribution in [-0.4, -0.2) is 37.2 Å². The SMILES string of the molecule is CCOC1CC(OC(=O)C2CCNC(=O)C2)C12CCC2. The second kappa shape index (κ2) is 5.35. The van der Waals surface area contributed by atoms with Crippen molar-refractivity contribution < 1.29 is 19.1 Å². The van der Waals surface area contributed by atoms with Crippen molar-refractivity contribution in [3.63, 3.8) is 0 Å². The Balaban J connectivity index is 1.56. The Bertz CT molecular complexity index is 405. The van der Waals surface area contributed by atoms with Gasteiger partial charge in [-0.1, -0.05) is 6.42 Å². The van der Waals surface area contributed by atoms with Gasteiger partial charge in [0.05, 0.1) is 12.0 Å². The van der Waals surface area contributed by atoms with Gasteiger partial charge in [-0.25, -0.2) is 0 Å². The Morgan fingerprint density at radius 3 is 2.80 bits per heavy atom. The van der Waals surface area contributed by atoms with E-state index < -0.39 is 0 Å². The zero-order valence-corrected chi connectivity index (χ0v) is 12.0. The zero-order valence-electron chi connectivity index (χ0n) is 12.0. The van der Waals surface area contributed by atoms with Crippen LogP contribution in [0.1, 0.15) is 45.4 Å². The number of piperidine rings is 1. The van der Waals surface area contributed by atoms with E-state index in [0.29, 0.717) is 13.0 Å². The van der Waals surface area contributed by atoms with Crippen LogP contribution >= 0.6 is 0 Å². The van der Waals surface area contributed by atoms with Crippen LogP contribution in [0.15, 0.2) is 0 Å². The van der Waals surface area contributed by atoms with Crippen molar-refractivity contribution in [2.75, 3.05) is 13.2 Å². The van der Waals surface area contributed by atoms with Gasteiger partial charge in [-0.15, -0.1) is 0 Å². The molecule has 3 atom stereocenters. The number of esters is 1. The molecule has 5 heteroatoms. The fraction of sp³-hybridized carbons (Fsp3) is 0.867. The first-order valence-electron chi connectivity index (χ1n) is 7.74. The summed E-state index contributed by atoms with van der Waals surface area (Å²) < 4.78 is 11.5. The Labute approximate surface area is 119 Å². The summed E-state index contributed by atoms with van der Waals surface area (Å²) in [6.45, 7) is 3.30. The highest BCUT2D eigenvalue weighted by atomic mass is 16.6. The van der Waals surface area contributed by atoms with Crippen molar-refractivity contribution in [3.8, 4) is 0 Å². The molecule has 0 aromatic carbocycles. The molecule has 1 spiro atoms. The smallest absolute Gasteiger partial charge is 0.309 e. The van der Waals surface area contributed by atoms with Gasteiger partial charge >= 0.3 is 5.97 Å². The normalized spacial score (nSPS) is 34.9. The van der Waals surface area contributed by atoms with Crippen LogP contribution in [0.5, 0.6) is 0 Å². The molecule has 3 fully saturated rings. The molecule has 0 bridgehead atoms. The van der Waals surface area contributed by atoms with Crippen LogP contribution in [0.2, 0.25) is 0 Å². The molecule has 0 radical (unpaired) electrons. The second-order valence-electron chi connectivity index (χ2n) is 6.23. The van der Waals surface area contributed by atoms with Crippen LogP contribution in [0, 0.1) is 11.3 Å². The molecular weight excluding hydrogens is 258 g/mol. The minimum Gasteiger partial charge on any atom is -0.461 e. The summed E-state index contributed by atoms with van der Waals surface area (Å²) in [5.74, 6) is -0.490. The Morgan fingerprint density at radius 2 is 2.20 bits per heavy atom. The molecule has 0 aromatic rings. The summed E-state index contributed by atoms with van der Waals surface area (Å²) in [5.41, 5.74) is 0.0859. The zero-order chi connectivity index (χ0) is 14.2. The van der Waals surface area contributed by atoms with Crippen LogP contribution in [0.4, 0.5) is 0 Å². The van der Waals surface area contributed by atoms with Gasteiger partial charge in [-0.05, 0) is 26.2 Å². The van der Waals surface area contributed by atoms with Gasteiger partial charge in [0.2, 0.25) is 5.91 Å². The molecule has 5 nitrogen and oxygen atoms in total. The van der Waals surface area contributed by atoms with Crippen molar-refractivity contribution in [2.24, 2.45) is 11.3 Å². The van der Waals surface area contributed by atoms with Crippen molar-refractivity contribution in [2.45, 2.75) is 57.7 Å². The molecule has 2 saturated carbocycles. The van der Waals surface area contributed by atoms with Gasteiger partial charge in [-0.3, -0.25) is 9.59 Å². The molecule has 0 aromatic heterocycles. The summed E-state index contributed by atoms with van der Waals surface area (Å²) in [5, 5.41) is 2.74. The molecule has 2 aliphatic carbocycles. The third kappa shape index (κ3) is 2.22. The lowest BCUT2D eigenvalue weighted by Gasteiger charge is -2.59. The summed E-state index contributed by atoms with van der Waals surface area (Å²) >= 11 is 0.